The van der Waals surface area contributed by atoms with Crippen LogP contribution in [0.15, 0.2) is 67.0 Å². The summed E-state index contributed by atoms with van der Waals surface area (Å²) in [5.41, 5.74) is 4.01. The number of hydrogen-bond donors (Lipinski definition) is 3. The molecule has 0 spiro atoms. The maximum absolute atomic E-state index is 14.1. The number of anilines is 1. The molecule has 0 saturated heterocycles. The minimum Gasteiger partial charge on any atom is -0.481 e. The molecule has 3 fully saturated rings. The van der Waals surface area contributed by atoms with E-state index in [9.17, 15) is 14.3 Å². The van der Waals surface area contributed by atoms with Gasteiger partial charge in [-0.3, -0.25) is 4.79 Å². The molecule has 2 aromatic carbocycles. The summed E-state index contributed by atoms with van der Waals surface area (Å²) in [5, 5.41) is 15.2. The minimum absolute atomic E-state index is 0.171. The Hall–Kier alpha value is -4.33. The van der Waals surface area contributed by atoms with Crippen molar-refractivity contribution in [3.8, 4) is 22.5 Å². The summed E-state index contributed by atoms with van der Waals surface area (Å²) < 4.78 is 14.1. The smallest absolute Gasteiger partial charge is 0.308 e. The Kier molecular flexibility index (Phi) is 5.35. The van der Waals surface area contributed by atoms with E-state index in [2.05, 4.69) is 33.5 Å². The van der Waals surface area contributed by atoms with Crippen LogP contribution in [0.1, 0.15) is 25.7 Å². The van der Waals surface area contributed by atoms with Crippen LogP contribution in [0.4, 0.5) is 10.2 Å². The molecule has 0 radical (unpaired) electrons. The number of fused-ring (bicyclic) bond motifs is 5. The van der Waals surface area contributed by atoms with Crippen LogP contribution in [0.25, 0.3) is 44.5 Å². The summed E-state index contributed by atoms with van der Waals surface area (Å²) in [4.78, 5) is 29.4. The molecule has 38 heavy (non-hydrogen) atoms. The largest absolute Gasteiger partial charge is 0.481 e. The molecule has 2 atom stereocenters. The normalized spacial score (nSPS) is 22.7. The van der Waals surface area contributed by atoms with E-state index in [1.165, 1.54) is 12.3 Å². The molecule has 3 aromatic heterocycles. The Morgan fingerprint density at radius 2 is 1.74 bits per heavy atom. The van der Waals surface area contributed by atoms with Crippen molar-refractivity contribution in [3.63, 3.8) is 0 Å². The number of rotatable bonds is 5. The third kappa shape index (κ3) is 3.79. The van der Waals surface area contributed by atoms with Gasteiger partial charge in [-0.2, -0.15) is 0 Å². The quantitative estimate of drug-likeness (QED) is 0.259. The lowest BCUT2D eigenvalue weighted by Gasteiger charge is -2.47. The Balaban J connectivity index is 1.40. The number of H-pyrrole nitrogens is 1. The van der Waals surface area contributed by atoms with Gasteiger partial charge in [-0.25, -0.2) is 19.3 Å². The van der Waals surface area contributed by atoms with Crippen LogP contribution in [-0.4, -0.2) is 37.1 Å². The second-order valence-electron chi connectivity index (χ2n) is 10.5. The van der Waals surface area contributed by atoms with Gasteiger partial charge in [0.25, 0.3) is 0 Å². The number of nitrogens with zero attached hydrogens (tertiary/aromatic N) is 3. The van der Waals surface area contributed by atoms with Crippen molar-refractivity contribution in [2.45, 2.75) is 31.7 Å². The maximum Gasteiger partial charge on any atom is 0.308 e. The molecule has 190 valence electrons. The zero-order valence-corrected chi connectivity index (χ0v) is 20.6. The SMILES string of the molecule is O=C(O)C1C2CCC(CC2)C1Nc1nc(-c2c[nH]c3ncc(F)cc23)nc2ccc(-c3ccccc3)cc12. The van der Waals surface area contributed by atoms with Gasteiger partial charge in [0.05, 0.1) is 17.6 Å². The Morgan fingerprint density at radius 3 is 2.53 bits per heavy atom. The Morgan fingerprint density at radius 1 is 0.947 bits per heavy atom. The van der Waals surface area contributed by atoms with Gasteiger partial charge in [-0.1, -0.05) is 36.4 Å². The summed E-state index contributed by atoms with van der Waals surface area (Å²) in [6.07, 6.45) is 6.87. The Labute approximate surface area is 218 Å². The first-order valence-electron chi connectivity index (χ1n) is 13.0. The standard InChI is InChI=1S/C30H26FN5O2/c31-20-13-21-23(15-33-27(21)32-14-20)29-34-24-11-10-19(16-4-2-1-3-5-16)12-22(24)28(36-29)35-26-18-8-6-17(7-9-18)25(26)30(37)38/h1-5,10-15,17-18,25-26H,6-9H2,(H,32,33)(H,37,38)(H,34,35,36). The van der Waals surface area contributed by atoms with Crippen LogP contribution in [0, 0.1) is 23.6 Å². The first kappa shape index (κ1) is 22.8. The molecule has 2 unspecified atom stereocenters. The van der Waals surface area contributed by atoms with E-state index in [1.807, 2.05) is 30.3 Å². The predicted molar refractivity (Wildman–Crippen MR) is 144 cm³/mol. The van der Waals surface area contributed by atoms with E-state index < -0.39 is 17.7 Å². The number of carboxylic acids is 1. The average Bonchev–Trinajstić information content (AvgIpc) is 3.36. The number of aliphatic carboxylic acids is 1. The van der Waals surface area contributed by atoms with E-state index in [0.717, 1.165) is 47.7 Å². The van der Waals surface area contributed by atoms with Crippen LogP contribution in [0.2, 0.25) is 0 Å². The zero-order valence-electron chi connectivity index (χ0n) is 20.6. The van der Waals surface area contributed by atoms with Crippen molar-refractivity contribution in [2.24, 2.45) is 17.8 Å². The number of aromatic nitrogens is 4. The lowest BCUT2D eigenvalue weighted by molar-refractivity contribution is -0.148. The first-order valence-corrected chi connectivity index (χ1v) is 13.0. The zero-order chi connectivity index (χ0) is 25.8. The molecular formula is C30H26FN5O2. The van der Waals surface area contributed by atoms with Gasteiger partial charge in [-0.15, -0.1) is 0 Å². The van der Waals surface area contributed by atoms with E-state index in [1.54, 1.807) is 6.20 Å². The Bertz CT molecular complexity index is 1680. The molecule has 5 aromatic rings. The third-order valence-electron chi connectivity index (χ3n) is 8.35. The molecule has 3 aliphatic carbocycles. The van der Waals surface area contributed by atoms with Gasteiger partial charge in [-0.05, 0) is 66.8 Å². The average molecular weight is 508 g/mol. The number of aromatic amines is 1. The second kappa shape index (κ2) is 8.90. The number of pyridine rings is 1. The lowest BCUT2D eigenvalue weighted by atomic mass is 9.61. The molecular weight excluding hydrogens is 481 g/mol. The number of nitrogens with one attached hydrogen (secondary N) is 2. The summed E-state index contributed by atoms with van der Waals surface area (Å²) >= 11 is 0. The molecule has 3 aliphatic rings. The molecule has 2 bridgehead atoms. The number of benzene rings is 2. The molecule has 8 heteroatoms. The van der Waals surface area contributed by atoms with Crippen LogP contribution in [0.3, 0.4) is 0 Å². The second-order valence-corrected chi connectivity index (χ2v) is 10.5. The number of carbonyl (C=O) groups is 1. The highest BCUT2D eigenvalue weighted by Crippen LogP contribution is 2.47. The van der Waals surface area contributed by atoms with Gasteiger partial charge in [0.2, 0.25) is 0 Å². The fourth-order valence-electron chi connectivity index (χ4n) is 6.50. The van der Waals surface area contributed by atoms with Crippen LogP contribution in [0.5, 0.6) is 0 Å². The van der Waals surface area contributed by atoms with E-state index in [-0.39, 0.29) is 17.9 Å². The predicted octanol–water partition coefficient (Wildman–Crippen LogP) is 6.28. The molecule has 7 nitrogen and oxygen atoms in total. The topological polar surface area (TPSA) is 104 Å². The number of carboxylic acid groups (broad SMARTS) is 1. The summed E-state index contributed by atoms with van der Waals surface area (Å²) in [6.45, 7) is 0. The highest BCUT2D eigenvalue weighted by Gasteiger charge is 2.47. The van der Waals surface area contributed by atoms with E-state index in [4.69, 9.17) is 9.97 Å². The van der Waals surface area contributed by atoms with Gasteiger partial charge in [0, 0.05) is 28.6 Å². The molecule has 3 heterocycles. The molecule has 8 rings (SSSR count). The van der Waals surface area contributed by atoms with Gasteiger partial charge >= 0.3 is 5.97 Å². The summed E-state index contributed by atoms with van der Waals surface area (Å²) in [5.74, 6) is -0.168. The molecule has 0 aliphatic heterocycles. The molecule has 3 N–H and O–H groups in total. The lowest BCUT2D eigenvalue weighted by Crippen LogP contribution is -2.51. The maximum atomic E-state index is 14.1. The fourth-order valence-corrected chi connectivity index (χ4v) is 6.50. The van der Waals surface area contributed by atoms with Crippen molar-refractivity contribution in [3.05, 3.63) is 72.8 Å². The summed E-state index contributed by atoms with van der Waals surface area (Å²) in [6, 6.07) is 17.3. The van der Waals surface area contributed by atoms with Gasteiger partial charge in [0.15, 0.2) is 5.82 Å². The molecule has 0 amide bonds. The van der Waals surface area contributed by atoms with Crippen LogP contribution < -0.4 is 5.32 Å². The van der Waals surface area contributed by atoms with Crippen molar-refractivity contribution < 1.29 is 14.3 Å². The van der Waals surface area contributed by atoms with Crippen LogP contribution >= 0.6 is 0 Å². The summed E-state index contributed by atoms with van der Waals surface area (Å²) in [7, 11) is 0. The van der Waals surface area contributed by atoms with E-state index >= 15 is 0 Å². The van der Waals surface area contributed by atoms with Crippen molar-refractivity contribution in [1.29, 1.82) is 0 Å². The number of hydrogen-bond acceptors (Lipinski definition) is 5. The number of halogens is 1. The third-order valence-corrected chi connectivity index (χ3v) is 8.35. The fraction of sp³-hybridized carbons (Fsp3) is 0.267. The van der Waals surface area contributed by atoms with Crippen molar-refractivity contribution >= 4 is 33.7 Å². The monoisotopic (exact) mass is 507 g/mol. The van der Waals surface area contributed by atoms with Gasteiger partial charge in [0.1, 0.15) is 17.3 Å². The van der Waals surface area contributed by atoms with E-state index in [0.29, 0.717) is 28.2 Å². The van der Waals surface area contributed by atoms with Crippen molar-refractivity contribution in [2.75, 3.05) is 5.32 Å². The van der Waals surface area contributed by atoms with Gasteiger partial charge < -0.3 is 15.4 Å². The van der Waals surface area contributed by atoms with Crippen LogP contribution in [-0.2, 0) is 4.79 Å². The molecule has 3 saturated carbocycles. The minimum atomic E-state index is -0.751. The first-order chi connectivity index (χ1) is 18.5. The van der Waals surface area contributed by atoms with Crippen molar-refractivity contribution in [1.82, 2.24) is 19.9 Å². The highest BCUT2D eigenvalue weighted by atomic mass is 19.1. The highest BCUT2D eigenvalue weighted by molar-refractivity contribution is 5.97.